The molecule has 1 aromatic heterocycles. The van der Waals surface area contributed by atoms with E-state index in [-0.39, 0.29) is 5.91 Å². The molecule has 0 radical (unpaired) electrons. The normalized spacial score (nSPS) is 14.0. The molecule has 0 atom stereocenters. The number of hydrogen-bond acceptors (Lipinski definition) is 2. The number of amides is 1. The minimum absolute atomic E-state index is 0.0109. The standard InChI is InChI=1S/C20H17Cl2N3O/c21-16-9-8-15(12-17(16)22)25-19(20(26)24-10-4-5-11-24)13-18(23-25)14-6-2-1-3-7-14/h1-3,6-9,12-13H,4-5,10-11H2. The summed E-state index contributed by atoms with van der Waals surface area (Å²) >= 11 is 12.2. The van der Waals surface area contributed by atoms with Gasteiger partial charge in [-0.3, -0.25) is 4.79 Å². The van der Waals surface area contributed by atoms with E-state index >= 15 is 0 Å². The van der Waals surface area contributed by atoms with E-state index in [2.05, 4.69) is 5.10 Å². The van der Waals surface area contributed by atoms with E-state index in [1.165, 1.54) is 0 Å². The fourth-order valence-electron chi connectivity index (χ4n) is 3.18. The lowest BCUT2D eigenvalue weighted by molar-refractivity contribution is 0.0784. The van der Waals surface area contributed by atoms with E-state index in [0.29, 0.717) is 21.4 Å². The smallest absolute Gasteiger partial charge is 0.272 e. The summed E-state index contributed by atoms with van der Waals surface area (Å²) in [5.74, 6) is -0.0109. The highest BCUT2D eigenvalue weighted by atomic mass is 35.5. The molecule has 2 aromatic carbocycles. The van der Waals surface area contributed by atoms with Crippen LogP contribution in [0.2, 0.25) is 10.0 Å². The summed E-state index contributed by atoms with van der Waals surface area (Å²) in [5.41, 5.74) is 2.95. The summed E-state index contributed by atoms with van der Waals surface area (Å²) in [7, 11) is 0. The lowest BCUT2D eigenvalue weighted by Gasteiger charge is -2.16. The predicted octanol–water partition coefficient (Wildman–Crippen LogP) is 5.08. The van der Waals surface area contributed by atoms with E-state index in [0.717, 1.165) is 37.2 Å². The molecule has 4 nitrogen and oxygen atoms in total. The Hall–Kier alpha value is -2.30. The Morgan fingerprint density at radius 3 is 2.35 bits per heavy atom. The van der Waals surface area contributed by atoms with Gasteiger partial charge in [0.1, 0.15) is 5.69 Å². The summed E-state index contributed by atoms with van der Waals surface area (Å²) in [6.07, 6.45) is 2.08. The predicted molar refractivity (Wildman–Crippen MR) is 104 cm³/mol. The van der Waals surface area contributed by atoms with Crippen molar-refractivity contribution in [3.8, 4) is 16.9 Å². The van der Waals surface area contributed by atoms with Gasteiger partial charge in [-0.1, -0.05) is 53.5 Å². The molecule has 26 heavy (non-hydrogen) atoms. The van der Waals surface area contributed by atoms with Gasteiger partial charge in [0.05, 0.1) is 21.4 Å². The summed E-state index contributed by atoms with van der Waals surface area (Å²) in [4.78, 5) is 14.9. The zero-order valence-electron chi connectivity index (χ0n) is 14.0. The van der Waals surface area contributed by atoms with Crippen LogP contribution in [0, 0.1) is 0 Å². The van der Waals surface area contributed by atoms with Crippen molar-refractivity contribution in [1.82, 2.24) is 14.7 Å². The van der Waals surface area contributed by atoms with Crippen LogP contribution >= 0.6 is 23.2 Å². The summed E-state index contributed by atoms with van der Waals surface area (Å²) in [5, 5.41) is 5.58. The molecule has 0 bridgehead atoms. The van der Waals surface area contributed by atoms with Gasteiger partial charge in [-0.25, -0.2) is 4.68 Å². The van der Waals surface area contributed by atoms with E-state index in [1.807, 2.05) is 47.4 Å². The first-order valence-electron chi connectivity index (χ1n) is 8.54. The number of halogens is 2. The zero-order valence-corrected chi connectivity index (χ0v) is 15.5. The van der Waals surface area contributed by atoms with Crippen molar-refractivity contribution in [3.05, 3.63) is 70.3 Å². The Morgan fingerprint density at radius 1 is 0.923 bits per heavy atom. The van der Waals surface area contributed by atoms with E-state index in [9.17, 15) is 4.79 Å². The quantitative estimate of drug-likeness (QED) is 0.630. The lowest BCUT2D eigenvalue weighted by Crippen LogP contribution is -2.29. The zero-order chi connectivity index (χ0) is 18.1. The van der Waals surface area contributed by atoms with Gasteiger partial charge in [-0.2, -0.15) is 5.10 Å². The molecular weight excluding hydrogens is 369 g/mol. The van der Waals surface area contributed by atoms with Gasteiger partial charge in [0.2, 0.25) is 0 Å². The van der Waals surface area contributed by atoms with Gasteiger partial charge in [0.15, 0.2) is 0 Å². The van der Waals surface area contributed by atoms with Crippen molar-refractivity contribution in [2.75, 3.05) is 13.1 Å². The molecule has 1 amide bonds. The van der Waals surface area contributed by atoms with E-state index < -0.39 is 0 Å². The van der Waals surface area contributed by atoms with Crippen molar-refractivity contribution in [2.45, 2.75) is 12.8 Å². The molecule has 0 aliphatic carbocycles. The Kier molecular flexibility index (Phi) is 4.70. The van der Waals surface area contributed by atoms with Crippen molar-refractivity contribution in [1.29, 1.82) is 0 Å². The number of carbonyl (C=O) groups excluding carboxylic acids is 1. The molecule has 6 heteroatoms. The van der Waals surface area contributed by atoms with E-state index in [4.69, 9.17) is 23.2 Å². The van der Waals surface area contributed by atoms with Crippen LogP contribution in [-0.4, -0.2) is 33.7 Å². The number of rotatable bonds is 3. The van der Waals surface area contributed by atoms with Crippen LogP contribution in [-0.2, 0) is 0 Å². The topological polar surface area (TPSA) is 38.1 Å². The maximum atomic E-state index is 13.0. The summed E-state index contributed by atoms with van der Waals surface area (Å²) < 4.78 is 1.66. The van der Waals surface area contributed by atoms with Crippen LogP contribution in [0.25, 0.3) is 16.9 Å². The minimum atomic E-state index is -0.0109. The first-order valence-corrected chi connectivity index (χ1v) is 9.29. The Labute approximate surface area is 161 Å². The number of likely N-dealkylation sites (tertiary alicyclic amines) is 1. The fourth-order valence-corrected chi connectivity index (χ4v) is 3.47. The Balaban J connectivity index is 1.83. The second-order valence-corrected chi connectivity index (χ2v) is 7.10. The third-order valence-electron chi connectivity index (χ3n) is 4.54. The lowest BCUT2D eigenvalue weighted by atomic mass is 10.1. The van der Waals surface area contributed by atoms with Crippen LogP contribution in [0.4, 0.5) is 0 Å². The average Bonchev–Trinajstić information content (AvgIpc) is 3.34. The number of carbonyl (C=O) groups is 1. The van der Waals surface area contributed by atoms with Crippen LogP contribution < -0.4 is 0 Å². The van der Waals surface area contributed by atoms with Crippen molar-refractivity contribution >= 4 is 29.1 Å². The third kappa shape index (κ3) is 3.22. The highest BCUT2D eigenvalue weighted by molar-refractivity contribution is 6.42. The van der Waals surface area contributed by atoms with Crippen molar-refractivity contribution < 1.29 is 4.79 Å². The molecule has 0 spiro atoms. The third-order valence-corrected chi connectivity index (χ3v) is 5.28. The van der Waals surface area contributed by atoms with Gasteiger partial charge in [-0.15, -0.1) is 0 Å². The number of nitrogens with zero attached hydrogens (tertiary/aromatic N) is 3. The maximum Gasteiger partial charge on any atom is 0.272 e. The summed E-state index contributed by atoms with van der Waals surface area (Å²) in [6, 6.07) is 16.9. The Bertz CT molecular complexity index is 947. The second kappa shape index (κ2) is 7.14. The van der Waals surface area contributed by atoms with Gasteiger partial charge in [-0.05, 0) is 37.1 Å². The molecule has 0 N–H and O–H groups in total. The molecule has 4 rings (SSSR count). The molecule has 3 aromatic rings. The van der Waals surface area contributed by atoms with Gasteiger partial charge < -0.3 is 4.90 Å². The van der Waals surface area contributed by atoms with E-state index in [1.54, 1.807) is 16.8 Å². The second-order valence-electron chi connectivity index (χ2n) is 6.29. The van der Waals surface area contributed by atoms with Crippen molar-refractivity contribution in [3.63, 3.8) is 0 Å². The first-order chi connectivity index (χ1) is 12.6. The first kappa shape index (κ1) is 17.1. The van der Waals surface area contributed by atoms with Gasteiger partial charge >= 0.3 is 0 Å². The molecule has 1 aliphatic heterocycles. The molecule has 1 saturated heterocycles. The van der Waals surface area contributed by atoms with Gasteiger partial charge in [0.25, 0.3) is 5.91 Å². The average molecular weight is 386 g/mol. The van der Waals surface area contributed by atoms with Crippen LogP contribution in [0.3, 0.4) is 0 Å². The van der Waals surface area contributed by atoms with Crippen LogP contribution in [0.5, 0.6) is 0 Å². The Morgan fingerprint density at radius 2 is 1.65 bits per heavy atom. The largest absolute Gasteiger partial charge is 0.337 e. The molecular formula is C20H17Cl2N3O. The van der Waals surface area contributed by atoms with Gasteiger partial charge in [0, 0.05) is 18.7 Å². The minimum Gasteiger partial charge on any atom is -0.337 e. The molecule has 0 saturated carbocycles. The number of hydrogen-bond donors (Lipinski definition) is 0. The maximum absolute atomic E-state index is 13.0. The molecule has 132 valence electrons. The van der Waals surface area contributed by atoms with Crippen LogP contribution in [0.15, 0.2) is 54.6 Å². The summed E-state index contributed by atoms with van der Waals surface area (Å²) in [6.45, 7) is 1.57. The molecule has 1 aliphatic rings. The van der Waals surface area contributed by atoms with Crippen molar-refractivity contribution in [2.24, 2.45) is 0 Å². The number of benzene rings is 2. The van der Waals surface area contributed by atoms with Crippen LogP contribution in [0.1, 0.15) is 23.3 Å². The number of aromatic nitrogens is 2. The molecule has 0 unspecified atom stereocenters. The monoisotopic (exact) mass is 385 g/mol. The SMILES string of the molecule is O=C(c1cc(-c2ccccc2)nn1-c1ccc(Cl)c(Cl)c1)N1CCCC1. The highest BCUT2D eigenvalue weighted by Gasteiger charge is 2.25. The fraction of sp³-hybridized carbons (Fsp3) is 0.200. The highest BCUT2D eigenvalue weighted by Crippen LogP contribution is 2.28. The molecule has 2 heterocycles. The molecule has 1 fully saturated rings.